The standard InChI is InChI=1S/C11H16FIN2/c12-10-5-4-8(13)7-9(10)11(15)3-1-2-6-14/h4-5,7,11H,1-3,6,14-15H2/t11-/m0/s1. The van der Waals surface area contributed by atoms with Crippen molar-refractivity contribution in [2.75, 3.05) is 6.54 Å². The van der Waals surface area contributed by atoms with E-state index < -0.39 is 0 Å². The van der Waals surface area contributed by atoms with Crippen molar-refractivity contribution < 1.29 is 4.39 Å². The lowest BCUT2D eigenvalue weighted by molar-refractivity contribution is 0.542. The van der Waals surface area contributed by atoms with Gasteiger partial charge in [0, 0.05) is 15.2 Å². The summed E-state index contributed by atoms with van der Waals surface area (Å²) in [6.45, 7) is 0.668. The van der Waals surface area contributed by atoms with Crippen molar-refractivity contribution in [3.05, 3.63) is 33.1 Å². The third-order valence-corrected chi connectivity index (χ3v) is 3.00. The van der Waals surface area contributed by atoms with Crippen LogP contribution in [-0.2, 0) is 0 Å². The van der Waals surface area contributed by atoms with Crippen molar-refractivity contribution >= 4 is 22.6 Å². The van der Waals surface area contributed by atoms with Crippen LogP contribution in [0.3, 0.4) is 0 Å². The second-order valence-electron chi connectivity index (χ2n) is 3.56. The van der Waals surface area contributed by atoms with Gasteiger partial charge in [0.25, 0.3) is 0 Å². The minimum absolute atomic E-state index is 0.212. The van der Waals surface area contributed by atoms with Crippen molar-refractivity contribution in [2.24, 2.45) is 11.5 Å². The van der Waals surface area contributed by atoms with E-state index in [1.807, 2.05) is 6.07 Å². The summed E-state index contributed by atoms with van der Waals surface area (Å²) in [5.41, 5.74) is 11.9. The topological polar surface area (TPSA) is 52.0 Å². The van der Waals surface area contributed by atoms with Crippen LogP contribution in [0.25, 0.3) is 0 Å². The fourth-order valence-electron chi connectivity index (χ4n) is 1.46. The maximum Gasteiger partial charge on any atom is 0.128 e. The quantitative estimate of drug-likeness (QED) is 0.647. The second kappa shape index (κ2) is 6.40. The average Bonchev–Trinajstić information content (AvgIpc) is 2.22. The van der Waals surface area contributed by atoms with Crippen molar-refractivity contribution in [3.8, 4) is 0 Å². The highest BCUT2D eigenvalue weighted by molar-refractivity contribution is 14.1. The van der Waals surface area contributed by atoms with Crippen LogP contribution in [0.4, 0.5) is 4.39 Å². The zero-order chi connectivity index (χ0) is 11.3. The van der Waals surface area contributed by atoms with Gasteiger partial charge in [-0.25, -0.2) is 4.39 Å². The summed E-state index contributed by atoms with van der Waals surface area (Å²) in [7, 11) is 0. The number of halogens is 2. The Morgan fingerprint density at radius 1 is 1.33 bits per heavy atom. The van der Waals surface area contributed by atoms with E-state index in [1.54, 1.807) is 6.07 Å². The van der Waals surface area contributed by atoms with Crippen LogP contribution in [0, 0.1) is 9.39 Å². The van der Waals surface area contributed by atoms with Crippen LogP contribution in [0.15, 0.2) is 18.2 Å². The molecule has 1 rings (SSSR count). The molecule has 84 valence electrons. The number of benzene rings is 1. The lowest BCUT2D eigenvalue weighted by Gasteiger charge is -2.12. The van der Waals surface area contributed by atoms with E-state index in [0.29, 0.717) is 12.1 Å². The first kappa shape index (κ1) is 12.9. The first-order valence-electron chi connectivity index (χ1n) is 5.05. The van der Waals surface area contributed by atoms with Gasteiger partial charge in [0.2, 0.25) is 0 Å². The summed E-state index contributed by atoms with van der Waals surface area (Å²) in [6, 6.07) is 4.81. The Hall–Kier alpha value is -0.200. The SMILES string of the molecule is NCCCC[C@H](N)c1cc(I)ccc1F. The van der Waals surface area contributed by atoms with E-state index in [4.69, 9.17) is 11.5 Å². The predicted octanol–water partition coefficient (Wildman–Crippen LogP) is 2.56. The Labute approximate surface area is 103 Å². The molecule has 2 nitrogen and oxygen atoms in total. The van der Waals surface area contributed by atoms with Gasteiger partial charge in [0.1, 0.15) is 5.82 Å². The van der Waals surface area contributed by atoms with Gasteiger partial charge in [-0.3, -0.25) is 0 Å². The predicted molar refractivity (Wildman–Crippen MR) is 69.0 cm³/mol. The minimum Gasteiger partial charge on any atom is -0.330 e. The summed E-state index contributed by atoms with van der Waals surface area (Å²) in [6.07, 6.45) is 2.68. The van der Waals surface area contributed by atoms with Crippen molar-refractivity contribution in [1.82, 2.24) is 0 Å². The van der Waals surface area contributed by atoms with Gasteiger partial charge < -0.3 is 11.5 Å². The summed E-state index contributed by atoms with van der Waals surface area (Å²) < 4.78 is 14.4. The molecular weight excluding hydrogens is 306 g/mol. The van der Waals surface area contributed by atoms with Crippen molar-refractivity contribution in [1.29, 1.82) is 0 Å². The van der Waals surface area contributed by atoms with Crippen LogP contribution < -0.4 is 11.5 Å². The van der Waals surface area contributed by atoms with Crippen LogP contribution in [0.1, 0.15) is 30.9 Å². The normalized spacial score (nSPS) is 12.8. The first-order valence-corrected chi connectivity index (χ1v) is 6.13. The zero-order valence-corrected chi connectivity index (χ0v) is 10.7. The molecule has 15 heavy (non-hydrogen) atoms. The number of hydrogen-bond acceptors (Lipinski definition) is 2. The van der Waals surface area contributed by atoms with Gasteiger partial charge >= 0.3 is 0 Å². The molecule has 0 radical (unpaired) electrons. The fourth-order valence-corrected chi connectivity index (χ4v) is 1.98. The highest BCUT2D eigenvalue weighted by Gasteiger charge is 2.11. The van der Waals surface area contributed by atoms with Crippen molar-refractivity contribution in [3.63, 3.8) is 0 Å². The molecule has 0 fully saturated rings. The summed E-state index contributed by atoms with van der Waals surface area (Å²) in [5, 5.41) is 0. The second-order valence-corrected chi connectivity index (χ2v) is 4.80. The van der Waals surface area contributed by atoms with E-state index in [9.17, 15) is 4.39 Å². The molecule has 0 aliphatic rings. The van der Waals surface area contributed by atoms with Gasteiger partial charge in [-0.2, -0.15) is 0 Å². The molecule has 0 heterocycles. The Morgan fingerprint density at radius 3 is 2.73 bits per heavy atom. The van der Waals surface area contributed by atoms with Gasteiger partial charge in [-0.05, 0) is 60.2 Å². The van der Waals surface area contributed by atoms with Crippen LogP contribution in [0.5, 0.6) is 0 Å². The highest BCUT2D eigenvalue weighted by Crippen LogP contribution is 2.21. The Bertz CT molecular complexity index is 317. The van der Waals surface area contributed by atoms with E-state index in [-0.39, 0.29) is 11.9 Å². The summed E-state index contributed by atoms with van der Waals surface area (Å²) in [4.78, 5) is 0. The number of unbranched alkanes of at least 4 members (excludes halogenated alkanes) is 1. The van der Waals surface area contributed by atoms with Crippen molar-refractivity contribution in [2.45, 2.75) is 25.3 Å². The molecule has 0 amide bonds. The maximum absolute atomic E-state index is 13.4. The van der Waals surface area contributed by atoms with Crippen LogP contribution >= 0.6 is 22.6 Å². The third-order valence-electron chi connectivity index (χ3n) is 2.33. The molecule has 0 saturated heterocycles. The average molecular weight is 322 g/mol. The molecule has 1 aromatic carbocycles. The van der Waals surface area contributed by atoms with Gasteiger partial charge in [0.05, 0.1) is 0 Å². The van der Waals surface area contributed by atoms with E-state index in [0.717, 1.165) is 22.8 Å². The molecule has 0 unspecified atom stereocenters. The Morgan fingerprint density at radius 2 is 2.07 bits per heavy atom. The van der Waals surface area contributed by atoms with Gasteiger partial charge in [-0.1, -0.05) is 6.42 Å². The third kappa shape index (κ3) is 4.04. The van der Waals surface area contributed by atoms with Gasteiger partial charge in [-0.15, -0.1) is 0 Å². The molecule has 0 aromatic heterocycles. The van der Waals surface area contributed by atoms with E-state index in [2.05, 4.69) is 22.6 Å². The van der Waals surface area contributed by atoms with Crippen LogP contribution in [-0.4, -0.2) is 6.54 Å². The molecule has 1 atom stereocenters. The first-order chi connectivity index (χ1) is 7.15. The number of hydrogen-bond donors (Lipinski definition) is 2. The zero-order valence-electron chi connectivity index (χ0n) is 8.55. The Kier molecular flexibility index (Phi) is 5.49. The molecule has 0 aliphatic heterocycles. The molecule has 0 saturated carbocycles. The molecule has 0 bridgehead atoms. The van der Waals surface area contributed by atoms with E-state index in [1.165, 1.54) is 6.07 Å². The molecule has 4 N–H and O–H groups in total. The monoisotopic (exact) mass is 322 g/mol. The smallest absolute Gasteiger partial charge is 0.128 e. The number of rotatable bonds is 5. The summed E-state index contributed by atoms with van der Waals surface area (Å²) >= 11 is 2.16. The molecule has 0 aliphatic carbocycles. The molecule has 0 spiro atoms. The molecule has 4 heteroatoms. The van der Waals surface area contributed by atoms with Gasteiger partial charge in [0.15, 0.2) is 0 Å². The maximum atomic E-state index is 13.4. The highest BCUT2D eigenvalue weighted by atomic mass is 127. The molecule has 1 aromatic rings. The largest absolute Gasteiger partial charge is 0.330 e. The lowest BCUT2D eigenvalue weighted by atomic mass is 10.0. The minimum atomic E-state index is -0.216. The lowest BCUT2D eigenvalue weighted by Crippen LogP contribution is -2.13. The number of nitrogens with two attached hydrogens (primary N) is 2. The molecular formula is C11H16FIN2. The van der Waals surface area contributed by atoms with E-state index >= 15 is 0 Å². The Balaban J connectivity index is 2.64. The summed E-state index contributed by atoms with van der Waals surface area (Å²) in [5.74, 6) is -0.212. The fraction of sp³-hybridized carbons (Fsp3) is 0.455. The van der Waals surface area contributed by atoms with Crippen LogP contribution in [0.2, 0.25) is 0 Å².